The number of nitrogens with one attached hydrogen (secondary N) is 1. The molecule has 6 nitrogen and oxygen atoms in total. The first-order chi connectivity index (χ1) is 9.95. The highest BCUT2D eigenvalue weighted by molar-refractivity contribution is 6.02. The number of benzene rings is 1. The largest absolute Gasteiger partial charge is 0.476 e. The molecule has 1 aromatic carbocycles. The normalized spacial score (nSPS) is 16.1. The molecule has 1 heterocycles. The third kappa shape index (κ3) is 3.33. The number of hydrogen-bond acceptors (Lipinski definition) is 4. The van der Waals surface area contributed by atoms with Gasteiger partial charge in [-0.15, -0.1) is 0 Å². The molecule has 114 valence electrons. The van der Waals surface area contributed by atoms with Crippen LogP contribution in [0.25, 0.3) is 0 Å². The van der Waals surface area contributed by atoms with Crippen LogP contribution in [0, 0.1) is 0 Å². The lowest BCUT2D eigenvalue weighted by Crippen LogP contribution is -2.53. The van der Waals surface area contributed by atoms with Gasteiger partial charge in [-0.25, -0.2) is 0 Å². The number of hydrogen-bond donors (Lipinski definition) is 2. The molecule has 2 amide bonds. The second kappa shape index (κ2) is 6.13. The molecule has 0 aromatic heterocycles. The van der Waals surface area contributed by atoms with E-state index in [1.54, 1.807) is 24.8 Å². The summed E-state index contributed by atoms with van der Waals surface area (Å²) in [7, 11) is 0. The maximum absolute atomic E-state index is 12.5. The highest BCUT2D eigenvalue weighted by Gasteiger charge is 2.40. The number of anilines is 1. The number of fused-ring (bicyclic) bond motifs is 1. The van der Waals surface area contributed by atoms with E-state index in [0.717, 1.165) is 0 Å². The molecule has 1 aliphatic rings. The van der Waals surface area contributed by atoms with Crippen molar-refractivity contribution in [1.29, 1.82) is 0 Å². The minimum Gasteiger partial charge on any atom is -0.476 e. The van der Waals surface area contributed by atoms with Crippen LogP contribution in [-0.2, 0) is 9.59 Å². The molecule has 0 saturated heterocycles. The van der Waals surface area contributed by atoms with Gasteiger partial charge in [-0.2, -0.15) is 0 Å². The average Bonchev–Trinajstić information content (AvgIpc) is 2.45. The molecule has 0 spiro atoms. The summed E-state index contributed by atoms with van der Waals surface area (Å²) >= 11 is 0. The second-order valence-corrected chi connectivity index (χ2v) is 5.36. The van der Waals surface area contributed by atoms with E-state index in [-0.39, 0.29) is 37.9 Å². The van der Waals surface area contributed by atoms with E-state index in [4.69, 9.17) is 9.84 Å². The number of aliphatic hydroxyl groups is 1. The molecule has 1 aliphatic heterocycles. The van der Waals surface area contributed by atoms with Crippen LogP contribution in [-0.4, -0.2) is 42.2 Å². The summed E-state index contributed by atoms with van der Waals surface area (Å²) in [5.41, 5.74) is -0.271. The molecule has 2 rings (SSSR count). The monoisotopic (exact) mass is 292 g/mol. The Labute approximate surface area is 123 Å². The topological polar surface area (TPSA) is 78.9 Å². The van der Waals surface area contributed by atoms with Crippen molar-refractivity contribution in [3.05, 3.63) is 24.3 Å². The van der Waals surface area contributed by atoms with Gasteiger partial charge in [0.25, 0.3) is 5.91 Å². The maximum atomic E-state index is 12.5. The van der Waals surface area contributed by atoms with Crippen molar-refractivity contribution in [2.75, 3.05) is 24.6 Å². The number of aliphatic hydroxyl groups excluding tert-OH is 1. The smallest absolute Gasteiger partial charge is 0.270 e. The molecule has 0 aliphatic carbocycles. The van der Waals surface area contributed by atoms with Crippen LogP contribution in [0.3, 0.4) is 0 Å². The van der Waals surface area contributed by atoms with Crippen molar-refractivity contribution >= 4 is 17.5 Å². The summed E-state index contributed by atoms with van der Waals surface area (Å²) < 4.78 is 5.71. The Morgan fingerprint density at radius 2 is 2.10 bits per heavy atom. The van der Waals surface area contributed by atoms with Crippen molar-refractivity contribution in [3.63, 3.8) is 0 Å². The summed E-state index contributed by atoms with van der Waals surface area (Å²) in [5, 5.41) is 11.3. The van der Waals surface area contributed by atoms with Crippen molar-refractivity contribution in [1.82, 2.24) is 5.32 Å². The fourth-order valence-electron chi connectivity index (χ4n) is 2.24. The van der Waals surface area contributed by atoms with Crippen molar-refractivity contribution in [2.45, 2.75) is 25.9 Å². The summed E-state index contributed by atoms with van der Waals surface area (Å²) in [6.07, 6.45) is 0.177. The lowest BCUT2D eigenvalue weighted by Gasteiger charge is -2.38. The average molecular weight is 292 g/mol. The number of rotatable bonds is 5. The van der Waals surface area contributed by atoms with Crippen molar-refractivity contribution in [3.8, 4) is 5.75 Å². The predicted octanol–water partition coefficient (Wildman–Crippen LogP) is 0.689. The quantitative estimate of drug-likeness (QED) is 0.837. The van der Waals surface area contributed by atoms with Gasteiger partial charge < -0.3 is 20.1 Å². The molecule has 0 bridgehead atoms. The van der Waals surface area contributed by atoms with E-state index >= 15 is 0 Å². The minimum absolute atomic E-state index is 0.0991. The molecular formula is C15H20N2O4. The van der Waals surface area contributed by atoms with E-state index in [0.29, 0.717) is 11.4 Å². The van der Waals surface area contributed by atoms with Gasteiger partial charge in [0.15, 0.2) is 5.60 Å². The summed E-state index contributed by atoms with van der Waals surface area (Å²) in [6, 6.07) is 7.28. The molecule has 0 atom stereocenters. The Balaban J connectivity index is 2.13. The highest BCUT2D eigenvalue weighted by Crippen LogP contribution is 2.37. The predicted molar refractivity (Wildman–Crippen MR) is 78.2 cm³/mol. The molecule has 0 unspecified atom stereocenters. The zero-order valence-corrected chi connectivity index (χ0v) is 12.3. The van der Waals surface area contributed by atoms with E-state index < -0.39 is 5.60 Å². The number of amides is 2. The molecule has 0 radical (unpaired) electrons. The van der Waals surface area contributed by atoms with Crippen LogP contribution in [0.1, 0.15) is 20.3 Å². The van der Waals surface area contributed by atoms with Crippen LogP contribution < -0.4 is 15.0 Å². The standard InChI is InChI=1S/C15H20N2O4/c1-15(2)14(20)17(9-7-13(19)16-8-10-18)11-5-3-4-6-12(11)21-15/h3-6,18H,7-10H2,1-2H3,(H,16,19). The highest BCUT2D eigenvalue weighted by atomic mass is 16.5. The SMILES string of the molecule is CC1(C)Oc2ccccc2N(CCC(=O)NCCO)C1=O. The van der Waals surface area contributed by atoms with Crippen molar-refractivity contribution in [2.24, 2.45) is 0 Å². The van der Waals surface area contributed by atoms with Crippen LogP contribution in [0.15, 0.2) is 24.3 Å². The lowest BCUT2D eigenvalue weighted by molar-refractivity contribution is -0.132. The van der Waals surface area contributed by atoms with Gasteiger partial charge in [0.05, 0.1) is 12.3 Å². The van der Waals surface area contributed by atoms with Crippen LogP contribution in [0.4, 0.5) is 5.69 Å². The Kier molecular flexibility index (Phi) is 4.47. The number of ether oxygens (including phenoxy) is 1. The molecular weight excluding hydrogens is 272 g/mol. The van der Waals surface area contributed by atoms with E-state index in [1.165, 1.54) is 0 Å². The van der Waals surface area contributed by atoms with Gasteiger partial charge in [0, 0.05) is 19.5 Å². The van der Waals surface area contributed by atoms with Crippen LogP contribution >= 0.6 is 0 Å². The first-order valence-corrected chi connectivity index (χ1v) is 6.93. The Hall–Kier alpha value is -2.08. The Morgan fingerprint density at radius 3 is 2.81 bits per heavy atom. The Morgan fingerprint density at radius 1 is 1.38 bits per heavy atom. The number of para-hydroxylation sites is 2. The van der Waals surface area contributed by atoms with Crippen LogP contribution in [0.5, 0.6) is 5.75 Å². The maximum Gasteiger partial charge on any atom is 0.270 e. The molecule has 0 saturated carbocycles. The fourth-order valence-corrected chi connectivity index (χ4v) is 2.24. The van der Waals surface area contributed by atoms with E-state index in [1.807, 2.05) is 18.2 Å². The van der Waals surface area contributed by atoms with Gasteiger partial charge in [-0.3, -0.25) is 9.59 Å². The molecule has 2 N–H and O–H groups in total. The molecule has 21 heavy (non-hydrogen) atoms. The van der Waals surface area contributed by atoms with Gasteiger partial charge in [-0.1, -0.05) is 12.1 Å². The lowest BCUT2D eigenvalue weighted by atomic mass is 10.0. The summed E-state index contributed by atoms with van der Waals surface area (Å²) in [5.74, 6) is 0.271. The van der Waals surface area contributed by atoms with Crippen LogP contribution in [0.2, 0.25) is 0 Å². The number of nitrogens with zero attached hydrogens (tertiary/aromatic N) is 1. The number of carbonyl (C=O) groups excluding carboxylic acids is 2. The summed E-state index contributed by atoms with van der Waals surface area (Å²) in [6.45, 7) is 3.82. The minimum atomic E-state index is -0.948. The van der Waals surface area contributed by atoms with Gasteiger partial charge in [0.1, 0.15) is 5.75 Å². The molecule has 0 fully saturated rings. The zero-order valence-electron chi connectivity index (χ0n) is 12.3. The third-order valence-electron chi connectivity index (χ3n) is 3.28. The van der Waals surface area contributed by atoms with E-state index in [2.05, 4.69) is 5.32 Å². The fraction of sp³-hybridized carbons (Fsp3) is 0.467. The van der Waals surface area contributed by atoms with Gasteiger partial charge in [0.2, 0.25) is 5.91 Å². The van der Waals surface area contributed by atoms with Gasteiger partial charge in [-0.05, 0) is 26.0 Å². The third-order valence-corrected chi connectivity index (χ3v) is 3.28. The van der Waals surface area contributed by atoms with Crippen molar-refractivity contribution < 1.29 is 19.4 Å². The second-order valence-electron chi connectivity index (χ2n) is 5.36. The molecule has 6 heteroatoms. The zero-order chi connectivity index (χ0) is 15.5. The molecule has 1 aromatic rings. The number of carbonyl (C=O) groups is 2. The summed E-state index contributed by atoms with van der Waals surface area (Å²) in [4.78, 5) is 25.7. The first-order valence-electron chi connectivity index (χ1n) is 6.93. The van der Waals surface area contributed by atoms with E-state index in [9.17, 15) is 9.59 Å². The Bertz CT molecular complexity index is 542. The first kappa shape index (κ1) is 15.3. The van der Waals surface area contributed by atoms with Gasteiger partial charge >= 0.3 is 0 Å².